The largest absolute Gasteiger partial charge is 0.414 e. The quantitative estimate of drug-likeness (QED) is 0.704. The van der Waals surface area contributed by atoms with Crippen molar-refractivity contribution in [3.63, 3.8) is 0 Å². The molecule has 0 spiro atoms. The Morgan fingerprint density at radius 1 is 1.31 bits per heavy atom. The second-order valence-electron chi connectivity index (χ2n) is 2.50. The van der Waals surface area contributed by atoms with E-state index in [9.17, 15) is 8.42 Å². The van der Waals surface area contributed by atoms with Crippen LogP contribution >= 0.6 is 0 Å². The Balaban J connectivity index is 3.02. The molecule has 13 heavy (non-hydrogen) atoms. The first-order valence-electron chi connectivity index (χ1n) is 3.59. The average molecular weight is 198 g/mol. The Bertz CT molecular complexity index is 373. The van der Waals surface area contributed by atoms with Crippen LogP contribution in [0.15, 0.2) is 29.2 Å². The van der Waals surface area contributed by atoms with Gasteiger partial charge in [0.15, 0.2) is 0 Å². The number of benzene rings is 1. The molecule has 0 saturated carbocycles. The van der Waals surface area contributed by atoms with Gasteiger partial charge in [0, 0.05) is 0 Å². The number of rotatable bonds is 3. The molecule has 0 aromatic heterocycles. The minimum Gasteiger partial charge on any atom is -0.347 e. The predicted molar refractivity (Wildman–Crippen MR) is 49.4 cm³/mol. The van der Waals surface area contributed by atoms with Gasteiger partial charge in [-0.3, -0.25) is 0 Å². The Kier molecular flexibility index (Phi) is 3.08. The van der Waals surface area contributed by atoms with E-state index in [2.05, 4.69) is 4.10 Å². The average Bonchev–Trinajstić information content (AvgIpc) is 2.05. The Labute approximate surface area is 78.1 Å². The molecular formula is C7H9BNO3S. The second-order valence-corrected chi connectivity index (χ2v) is 4.07. The van der Waals surface area contributed by atoms with E-state index in [1.165, 1.54) is 12.1 Å². The lowest BCUT2D eigenvalue weighted by molar-refractivity contribution is 0.500. The van der Waals surface area contributed by atoms with Gasteiger partial charge in [-0.15, -0.1) is 0 Å². The molecule has 0 saturated heterocycles. The van der Waals surface area contributed by atoms with Gasteiger partial charge in [0.25, 0.3) is 10.1 Å². The van der Waals surface area contributed by atoms with E-state index < -0.39 is 10.1 Å². The second kappa shape index (κ2) is 3.91. The van der Waals surface area contributed by atoms with Crippen LogP contribution in [0.5, 0.6) is 0 Å². The Hall–Kier alpha value is -0.845. The summed E-state index contributed by atoms with van der Waals surface area (Å²) in [7, 11) is -3.06. The monoisotopic (exact) mass is 198 g/mol. The molecule has 1 aromatic carbocycles. The van der Waals surface area contributed by atoms with Crippen molar-refractivity contribution in [3.05, 3.63) is 29.8 Å². The molecule has 0 aliphatic heterocycles. The smallest absolute Gasteiger partial charge is 0.347 e. The maximum Gasteiger partial charge on any atom is 0.414 e. The SMILES string of the molecule is Cc1ccc(S(=O)(=O)O[B]N)cc1. The number of hydrogen-bond donors (Lipinski definition) is 1. The van der Waals surface area contributed by atoms with E-state index in [4.69, 9.17) is 5.64 Å². The van der Waals surface area contributed by atoms with Gasteiger partial charge in [-0.2, -0.15) is 8.42 Å². The van der Waals surface area contributed by atoms with Crippen LogP contribution in [0.4, 0.5) is 0 Å². The van der Waals surface area contributed by atoms with Crippen LogP contribution in [0, 0.1) is 6.92 Å². The molecule has 0 fully saturated rings. The van der Waals surface area contributed by atoms with Crippen LogP contribution in [0.1, 0.15) is 5.56 Å². The van der Waals surface area contributed by atoms with Crippen LogP contribution in [-0.2, 0) is 14.2 Å². The minimum atomic E-state index is -3.71. The first kappa shape index (κ1) is 10.2. The summed E-state index contributed by atoms with van der Waals surface area (Å²) in [5.41, 5.74) is 5.84. The Morgan fingerprint density at radius 3 is 2.31 bits per heavy atom. The van der Waals surface area contributed by atoms with Crippen molar-refractivity contribution in [2.45, 2.75) is 11.8 Å². The summed E-state index contributed by atoms with van der Waals surface area (Å²) in [5.74, 6) is 0. The van der Waals surface area contributed by atoms with E-state index in [1.807, 2.05) is 6.92 Å². The molecule has 0 bridgehead atoms. The summed E-state index contributed by atoms with van der Waals surface area (Å²) >= 11 is 0. The molecule has 1 radical (unpaired) electrons. The summed E-state index contributed by atoms with van der Waals surface area (Å²) in [4.78, 5) is 0.0970. The molecule has 0 amide bonds. The van der Waals surface area contributed by atoms with E-state index in [0.29, 0.717) is 7.62 Å². The maximum absolute atomic E-state index is 11.2. The summed E-state index contributed by atoms with van der Waals surface area (Å²) in [5, 5.41) is 0. The predicted octanol–water partition coefficient (Wildman–Crippen LogP) is 0.193. The highest BCUT2D eigenvalue weighted by Crippen LogP contribution is 2.11. The highest BCUT2D eigenvalue weighted by Gasteiger charge is 2.13. The standard InChI is InChI=1S/C7H9BNO3S/c1-6-2-4-7(5-3-6)13(10,11)12-8-9/h2-5H,9H2,1H3. The lowest BCUT2D eigenvalue weighted by Gasteiger charge is -2.02. The molecule has 4 nitrogen and oxygen atoms in total. The van der Waals surface area contributed by atoms with Crippen LogP contribution in [0.3, 0.4) is 0 Å². The number of hydrogen-bond acceptors (Lipinski definition) is 4. The fourth-order valence-corrected chi connectivity index (χ4v) is 1.56. The topological polar surface area (TPSA) is 69.4 Å². The molecule has 2 N–H and O–H groups in total. The van der Waals surface area contributed by atoms with Crippen molar-refractivity contribution in [3.8, 4) is 0 Å². The summed E-state index contributed by atoms with van der Waals surface area (Å²) in [6.45, 7) is 1.87. The van der Waals surface area contributed by atoms with Gasteiger partial charge in [0.1, 0.15) is 0 Å². The molecule has 0 aliphatic rings. The normalized spacial score (nSPS) is 11.2. The van der Waals surface area contributed by atoms with Gasteiger partial charge in [0.2, 0.25) is 0 Å². The molecule has 69 valence electrons. The zero-order valence-electron chi connectivity index (χ0n) is 7.10. The van der Waals surface area contributed by atoms with E-state index in [0.717, 1.165) is 5.56 Å². The molecule has 0 unspecified atom stereocenters. The fourth-order valence-electron chi connectivity index (χ4n) is 0.834. The summed E-state index contributed by atoms with van der Waals surface area (Å²) in [6.07, 6.45) is 0. The molecule has 6 heteroatoms. The van der Waals surface area contributed by atoms with Crippen LogP contribution in [0.25, 0.3) is 0 Å². The lowest BCUT2D eigenvalue weighted by atomic mass is 10.2. The van der Waals surface area contributed by atoms with Crippen molar-refractivity contribution < 1.29 is 12.5 Å². The molecular weight excluding hydrogens is 189 g/mol. The summed E-state index contributed by atoms with van der Waals surface area (Å²) in [6, 6.07) is 6.31. The van der Waals surface area contributed by atoms with E-state index in [1.54, 1.807) is 12.1 Å². The van der Waals surface area contributed by atoms with Gasteiger partial charge < -0.3 is 9.75 Å². The van der Waals surface area contributed by atoms with Crippen molar-refractivity contribution >= 4 is 17.7 Å². The van der Waals surface area contributed by atoms with Gasteiger partial charge in [-0.25, -0.2) is 0 Å². The first-order valence-corrected chi connectivity index (χ1v) is 5.00. The van der Waals surface area contributed by atoms with Crippen molar-refractivity contribution in [2.24, 2.45) is 5.64 Å². The van der Waals surface area contributed by atoms with Gasteiger partial charge in [-0.1, -0.05) is 17.7 Å². The summed E-state index contributed by atoms with van der Waals surface area (Å²) < 4.78 is 26.7. The van der Waals surface area contributed by atoms with Gasteiger partial charge in [-0.05, 0) is 19.1 Å². The lowest BCUT2D eigenvalue weighted by Crippen LogP contribution is -2.16. The van der Waals surface area contributed by atoms with Crippen LogP contribution in [-0.4, -0.2) is 16.0 Å². The van der Waals surface area contributed by atoms with Crippen molar-refractivity contribution in [1.29, 1.82) is 0 Å². The molecule has 0 atom stereocenters. The molecule has 1 aromatic rings. The molecule has 1 rings (SSSR count). The third-order valence-corrected chi connectivity index (χ3v) is 2.71. The van der Waals surface area contributed by atoms with Crippen LogP contribution in [0.2, 0.25) is 0 Å². The fraction of sp³-hybridized carbons (Fsp3) is 0.143. The third-order valence-electron chi connectivity index (χ3n) is 1.49. The third kappa shape index (κ3) is 2.55. The minimum absolute atomic E-state index is 0.0970. The molecule has 0 heterocycles. The number of aryl methyl sites for hydroxylation is 1. The van der Waals surface area contributed by atoms with E-state index >= 15 is 0 Å². The van der Waals surface area contributed by atoms with Crippen molar-refractivity contribution in [1.82, 2.24) is 0 Å². The van der Waals surface area contributed by atoms with Crippen molar-refractivity contribution in [2.75, 3.05) is 0 Å². The zero-order valence-corrected chi connectivity index (χ0v) is 7.91. The number of nitrogens with two attached hydrogens (primary N) is 1. The van der Waals surface area contributed by atoms with E-state index in [-0.39, 0.29) is 4.90 Å². The highest BCUT2D eigenvalue weighted by atomic mass is 32.2. The van der Waals surface area contributed by atoms with Gasteiger partial charge >= 0.3 is 7.62 Å². The zero-order chi connectivity index (χ0) is 9.90. The first-order chi connectivity index (χ1) is 6.06. The Morgan fingerprint density at radius 2 is 1.85 bits per heavy atom. The molecule has 0 aliphatic carbocycles. The highest BCUT2D eigenvalue weighted by molar-refractivity contribution is 7.87. The van der Waals surface area contributed by atoms with Gasteiger partial charge in [0.05, 0.1) is 4.90 Å². The maximum atomic E-state index is 11.2. The van der Waals surface area contributed by atoms with Crippen LogP contribution < -0.4 is 5.64 Å².